The van der Waals surface area contributed by atoms with E-state index in [-0.39, 0.29) is 5.92 Å². The molecular weight excluding hydrogens is 200 g/mol. The minimum atomic E-state index is -0.765. The van der Waals surface area contributed by atoms with Crippen LogP contribution in [0.2, 0.25) is 0 Å². The van der Waals surface area contributed by atoms with E-state index in [0.29, 0.717) is 0 Å². The summed E-state index contributed by atoms with van der Waals surface area (Å²) < 4.78 is 0. The average Bonchev–Trinajstić information content (AvgIpc) is 2.20. The van der Waals surface area contributed by atoms with Gasteiger partial charge in [-0.25, -0.2) is 0 Å². The highest BCUT2D eigenvalue weighted by molar-refractivity contribution is 5.74. The average molecular weight is 218 g/mol. The molecule has 0 aliphatic carbocycles. The molecular formula is C14H18O2. The first-order valence-corrected chi connectivity index (χ1v) is 5.48. The van der Waals surface area contributed by atoms with Gasteiger partial charge in [0.2, 0.25) is 0 Å². The molecule has 1 N–H and O–H groups in total. The first-order chi connectivity index (χ1) is 7.50. The van der Waals surface area contributed by atoms with Crippen molar-refractivity contribution in [3.8, 4) is 0 Å². The minimum Gasteiger partial charge on any atom is -0.481 e. The Morgan fingerprint density at radius 2 is 1.81 bits per heavy atom. The first kappa shape index (κ1) is 12.5. The molecule has 86 valence electrons. The number of carbonyl (C=O) groups is 1. The van der Waals surface area contributed by atoms with E-state index >= 15 is 0 Å². The van der Waals surface area contributed by atoms with Crippen LogP contribution in [0.3, 0.4) is 0 Å². The van der Waals surface area contributed by atoms with Gasteiger partial charge in [0.25, 0.3) is 0 Å². The molecule has 2 heteroatoms. The molecule has 0 spiro atoms. The van der Waals surface area contributed by atoms with E-state index in [9.17, 15) is 4.79 Å². The zero-order valence-corrected chi connectivity index (χ0v) is 9.97. The molecule has 0 amide bonds. The number of hydrogen-bond donors (Lipinski definition) is 1. The first-order valence-electron chi connectivity index (χ1n) is 5.48. The maximum absolute atomic E-state index is 11.0. The third-order valence-corrected chi connectivity index (χ3v) is 2.58. The Morgan fingerprint density at radius 3 is 2.25 bits per heavy atom. The van der Waals surface area contributed by atoms with E-state index < -0.39 is 11.9 Å². The number of carboxylic acid groups (broad SMARTS) is 1. The van der Waals surface area contributed by atoms with Crippen molar-refractivity contribution in [2.75, 3.05) is 0 Å². The van der Waals surface area contributed by atoms with Crippen LogP contribution < -0.4 is 0 Å². The predicted octanol–water partition coefficient (Wildman–Crippen LogP) is 3.37. The van der Waals surface area contributed by atoms with E-state index in [1.807, 2.05) is 51.1 Å². The fourth-order valence-corrected chi connectivity index (χ4v) is 1.48. The predicted molar refractivity (Wildman–Crippen MR) is 66.2 cm³/mol. The summed E-state index contributed by atoms with van der Waals surface area (Å²) >= 11 is 0. The fourth-order valence-electron chi connectivity index (χ4n) is 1.48. The van der Waals surface area contributed by atoms with Crippen molar-refractivity contribution in [1.29, 1.82) is 0 Å². The molecule has 1 aromatic carbocycles. The highest BCUT2D eigenvalue weighted by Gasteiger charge is 2.17. The smallest absolute Gasteiger partial charge is 0.310 e. The van der Waals surface area contributed by atoms with Gasteiger partial charge in [-0.1, -0.05) is 55.8 Å². The van der Waals surface area contributed by atoms with E-state index in [1.165, 1.54) is 5.56 Å². The summed E-state index contributed by atoms with van der Waals surface area (Å²) in [4.78, 5) is 11.0. The van der Waals surface area contributed by atoms with Crippen LogP contribution in [-0.4, -0.2) is 11.1 Å². The topological polar surface area (TPSA) is 37.3 Å². The van der Waals surface area contributed by atoms with Gasteiger partial charge in [-0.05, 0) is 18.4 Å². The van der Waals surface area contributed by atoms with E-state index in [1.54, 1.807) is 6.08 Å². The van der Waals surface area contributed by atoms with Gasteiger partial charge in [0, 0.05) is 0 Å². The van der Waals surface area contributed by atoms with E-state index in [0.717, 1.165) is 5.56 Å². The summed E-state index contributed by atoms with van der Waals surface area (Å²) in [5, 5.41) is 9.01. The zero-order valence-electron chi connectivity index (χ0n) is 9.97. The van der Waals surface area contributed by atoms with Gasteiger partial charge in [-0.15, -0.1) is 0 Å². The summed E-state index contributed by atoms with van der Waals surface area (Å²) in [5.41, 5.74) is 2.24. The molecule has 1 rings (SSSR count). The van der Waals surface area contributed by atoms with Crippen molar-refractivity contribution in [3.63, 3.8) is 0 Å². The van der Waals surface area contributed by atoms with Gasteiger partial charge in [0.05, 0.1) is 5.92 Å². The molecule has 0 fully saturated rings. The zero-order chi connectivity index (χ0) is 12.1. The Labute approximate surface area is 96.6 Å². The number of benzene rings is 1. The van der Waals surface area contributed by atoms with Crippen LogP contribution >= 0.6 is 0 Å². The number of aliphatic carboxylic acids is 1. The third kappa shape index (κ3) is 3.54. The van der Waals surface area contributed by atoms with Crippen molar-refractivity contribution in [1.82, 2.24) is 0 Å². The molecule has 16 heavy (non-hydrogen) atoms. The summed E-state index contributed by atoms with van der Waals surface area (Å²) in [5.74, 6) is -1.07. The number of aryl methyl sites for hydroxylation is 1. The molecule has 1 atom stereocenters. The molecule has 1 aromatic rings. The summed E-state index contributed by atoms with van der Waals surface area (Å²) in [6.07, 6.45) is 3.63. The Morgan fingerprint density at radius 1 is 1.25 bits per heavy atom. The van der Waals surface area contributed by atoms with Crippen LogP contribution in [0.1, 0.15) is 25.0 Å². The normalized spacial score (nSPS) is 13.2. The lowest BCUT2D eigenvalue weighted by Gasteiger charge is -2.10. The lowest BCUT2D eigenvalue weighted by molar-refractivity contribution is -0.141. The molecule has 1 unspecified atom stereocenters. The Balaban J connectivity index is 2.78. The maximum Gasteiger partial charge on any atom is 0.310 e. The minimum absolute atomic E-state index is 0.110. The SMILES string of the molecule is Cc1ccc(/C=C/C(C(=O)O)C(C)C)cc1. The highest BCUT2D eigenvalue weighted by atomic mass is 16.4. The van der Waals surface area contributed by atoms with Crippen LogP contribution in [0.5, 0.6) is 0 Å². The third-order valence-electron chi connectivity index (χ3n) is 2.58. The monoisotopic (exact) mass is 218 g/mol. The van der Waals surface area contributed by atoms with Gasteiger partial charge >= 0.3 is 5.97 Å². The maximum atomic E-state index is 11.0. The Bertz CT molecular complexity index is 374. The lowest BCUT2D eigenvalue weighted by atomic mass is 9.95. The summed E-state index contributed by atoms with van der Waals surface area (Å²) in [6, 6.07) is 8.02. The summed E-state index contributed by atoms with van der Waals surface area (Å²) in [7, 11) is 0. The molecule has 0 aliphatic rings. The van der Waals surface area contributed by atoms with Gasteiger partial charge in [0.15, 0.2) is 0 Å². The van der Waals surface area contributed by atoms with Crippen LogP contribution in [0.25, 0.3) is 6.08 Å². The number of rotatable bonds is 4. The molecule has 0 radical (unpaired) electrons. The Hall–Kier alpha value is -1.57. The molecule has 0 saturated carbocycles. The van der Waals surface area contributed by atoms with Crippen molar-refractivity contribution in [2.45, 2.75) is 20.8 Å². The largest absolute Gasteiger partial charge is 0.481 e. The number of hydrogen-bond acceptors (Lipinski definition) is 1. The molecule has 0 aromatic heterocycles. The van der Waals surface area contributed by atoms with Crippen LogP contribution in [0, 0.1) is 18.8 Å². The second-order valence-electron chi connectivity index (χ2n) is 4.38. The van der Waals surface area contributed by atoms with E-state index in [4.69, 9.17) is 5.11 Å². The Kier molecular flexibility index (Phi) is 4.29. The van der Waals surface area contributed by atoms with Gasteiger partial charge in [0.1, 0.15) is 0 Å². The lowest BCUT2D eigenvalue weighted by Crippen LogP contribution is -2.16. The van der Waals surface area contributed by atoms with Crippen molar-refractivity contribution in [3.05, 3.63) is 41.5 Å². The fraction of sp³-hybridized carbons (Fsp3) is 0.357. The van der Waals surface area contributed by atoms with Gasteiger partial charge in [-0.2, -0.15) is 0 Å². The molecule has 2 nitrogen and oxygen atoms in total. The second kappa shape index (κ2) is 5.50. The quantitative estimate of drug-likeness (QED) is 0.841. The number of carboxylic acids is 1. The summed E-state index contributed by atoms with van der Waals surface area (Å²) in [6.45, 7) is 5.86. The van der Waals surface area contributed by atoms with Crippen LogP contribution in [0.4, 0.5) is 0 Å². The standard InChI is InChI=1S/C14H18O2/c1-10(2)13(14(15)16)9-8-12-6-4-11(3)5-7-12/h4-10,13H,1-3H3,(H,15,16)/b9-8+. The molecule has 0 bridgehead atoms. The highest BCUT2D eigenvalue weighted by Crippen LogP contribution is 2.15. The molecule has 0 aliphatic heterocycles. The second-order valence-corrected chi connectivity index (χ2v) is 4.38. The van der Waals surface area contributed by atoms with Crippen molar-refractivity contribution < 1.29 is 9.90 Å². The molecule has 0 heterocycles. The van der Waals surface area contributed by atoms with Gasteiger partial charge < -0.3 is 5.11 Å². The van der Waals surface area contributed by atoms with Crippen LogP contribution in [-0.2, 0) is 4.79 Å². The van der Waals surface area contributed by atoms with E-state index in [2.05, 4.69) is 0 Å². The molecule has 0 saturated heterocycles. The van der Waals surface area contributed by atoms with Gasteiger partial charge in [-0.3, -0.25) is 4.79 Å². The van der Waals surface area contributed by atoms with Crippen molar-refractivity contribution in [2.24, 2.45) is 11.8 Å². The van der Waals surface area contributed by atoms with Crippen molar-refractivity contribution >= 4 is 12.0 Å². The van der Waals surface area contributed by atoms with Crippen LogP contribution in [0.15, 0.2) is 30.3 Å².